The third-order valence-corrected chi connectivity index (χ3v) is 1.66. The smallest absolute Gasteiger partial charge is 0.257 e. The van der Waals surface area contributed by atoms with Crippen LogP contribution in [0.1, 0.15) is 11.3 Å². The average Bonchev–Trinajstić information content (AvgIpc) is 2.14. The topological polar surface area (TPSA) is 12.9 Å². The summed E-state index contributed by atoms with van der Waals surface area (Å²) in [6, 6.07) is 1.90. The van der Waals surface area contributed by atoms with Crippen LogP contribution < -0.4 is 0 Å². The molecular formula is C9H7ClF3N. The van der Waals surface area contributed by atoms with Crippen molar-refractivity contribution < 1.29 is 13.2 Å². The number of halogens is 4. The first kappa shape index (κ1) is 11.0. The fraction of sp³-hybridized carbons (Fsp3) is 0.222. The van der Waals surface area contributed by atoms with Crippen LogP contribution >= 0.6 is 11.6 Å². The molecule has 0 saturated heterocycles. The lowest BCUT2D eigenvalue weighted by atomic mass is 10.2. The van der Waals surface area contributed by atoms with Gasteiger partial charge in [-0.2, -0.15) is 13.2 Å². The molecule has 14 heavy (non-hydrogen) atoms. The molecule has 0 aliphatic carbocycles. The van der Waals surface area contributed by atoms with Gasteiger partial charge in [-0.05, 0) is 18.2 Å². The maximum Gasteiger partial charge on any atom is 0.416 e. The summed E-state index contributed by atoms with van der Waals surface area (Å²) in [4.78, 5) is 3.74. The molecule has 1 aromatic heterocycles. The summed E-state index contributed by atoms with van der Waals surface area (Å²) in [7, 11) is 0. The van der Waals surface area contributed by atoms with E-state index in [1.54, 1.807) is 0 Å². The van der Waals surface area contributed by atoms with Crippen LogP contribution in [-0.2, 0) is 6.18 Å². The van der Waals surface area contributed by atoms with Crippen molar-refractivity contribution in [3.63, 3.8) is 0 Å². The van der Waals surface area contributed by atoms with Gasteiger partial charge in [-0.1, -0.05) is 6.08 Å². The Bertz CT molecular complexity index is 333. The lowest BCUT2D eigenvalue weighted by molar-refractivity contribution is -0.137. The van der Waals surface area contributed by atoms with Crippen LogP contribution in [0.15, 0.2) is 24.4 Å². The molecule has 0 aliphatic rings. The molecule has 0 aliphatic heterocycles. The van der Waals surface area contributed by atoms with Gasteiger partial charge in [0.15, 0.2) is 0 Å². The molecule has 0 N–H and O–H groups in total. The summed E-state index contributed by atoms with van der Waals surface area (Å²) in [6.07, 6.45) is -0.227. The Morgan fingerprint density at radius 2 is 2.14 bits per heavy atom. The van der Waals surface area contributed by atoms with Crippen LogP contribution in [0.25, 0.3) is 6.08 Å². The van der Waals surface area contributed by atoms with E-state index in [4.69, 9.17) is 11.6 Å². The second-order valence-electron chi connectivity index (χ2n) is 2.52. The Hall–Kier alpha value is -1.03. The van der Waals surface area contributed by atoms with Crippen LogP contribution in [-0.4, -0.2) is 10.9 Å². The molecule has 1 rings (SSSR count). The minimum absolute atomic E-state index is 0.248. The maximum atomic E-state index is 12.2. The summed E-state index contributed by atoms with van der Waals surface area (Å²) in [6.45, 7) is 0. The number of aromatic nitrogens is 1. The van der Waals surface area contributed by atoms with Crippen molar-refractivity contribution in [2.45, 2.75) is 6.18 Å². The Kier molecular flexibility index (Phi) is 3.52. The van der Waals surface area contributed by atoms with Gasteiger partial charge >= 0.3 is 6.18 Å². The quantitative estimate of drug-likeness (QED) is 0.698. The zero-order valence-electron chi connectivity index (χ0n) is 7.05. The fourth-order valence-corrected chi connectivity index (χ4v) is 0.970. The highest BCUT2D eigenvalue weighted by Crippen LogP contribution is 2.29. The second kappa shape index (κ2) is 4.46. The SMILES string of the molecule is FC(F)(F)c1ccnc(C=CCCl)c1. The number of allylic oxidation sites excluding steroid dienone is 1. The molecule has 5 heteroatoms. The number of hydrogen-bond donors (Lipinski definition) is 0. The highest BCUT2D eigenvalue weighted by atomic mass is 35.5. The van der Waals surface area contributed by atoms with Gasteiger partial charge in [0.1, 0.15) is 0 Å². The number of pyridine rings is 1. The van der Waals surface area contributed by atoms with E-state index >= 15 is 0 Å². The number of alkyl halides is 4. The molecule has 1 aromatic rings. The summed E-state index contributed by atoms with van der Waals surface area (Å²) >= 11 is 5.34. The van der Waals surface area contributed by atoms with Gasteiger partial charge in [-0.15, -0.1) is 11.6 Å². The lowest BCUT2D eigenvalue weighted by Gasteiger charge is -2.05. The molecule has 0 atom stereocenters. The Morgan fingerprint density at radius 1 is 1.43 bits per heavy atom. The first-order chi connectivity index (χ1) is 6.54. The van der Waals surface area contributed by atoms with Crippen LogP contribution in [0, 0.1) is 0 Å². The fourth-order valence-electron chi connectivity index (χ4n) is 0.881. The van der Waals surface area contributed by atoms with Gasteiger partial charge in [0, 0.05) is 12.1 Å². The average molecular weight is 222 g/mol. The van der Waals surface area contributed by atoms with E-state index in [2.05, 4.69) is 4.98 Å². The Balaban J connectivity index is 2.96. The third-order valence-electron chi connectivity index (χ3n) is 1.49. The predicted molar refractivity (Wildman–Crippen MR) is 49.0 cm³/mol. The van der Waals surface area contributed by atoms with Crippen molar-refractivity contribution in [2.24, 2.45) is 0 Å². The normalized spacial score (nSPS) is 12.3. The van der Waals surface area contributed by atoms with Crippen LogP contribution in [0.4, 0.5) is 13.2 Å². The summed E-state index contributed by atoms with van der Waals surface area (Å²) < 4.78 is 36.6. The predicted octanol–water partition coefficient (Wildman–Crippen LogP) is 3.35. The molecule has 0 saturated carbocycles. The maximum absolute atomic E-state index is 12.2. The van der Waals surface area contributed by atoms with E-state index < -0.39 is 11.7 Å². The zero-order chi connectivity index (χ0) is 10.6. The molecule has 0 spiro atoms. The number of rotatable bonds is 2. The molecule has 1 nitrogen and oxygen atoms in total. The van der Waals surface area contributed by atoms with E-state index in [1.807, 2.05) is 0 Å². The number of hydrogen-bond acceptors (Lipinski definition) is 1. The van der Waals surface area contributed by atoms with Crippen LogP contribution in [0.3, 0.4) is 0 Å². The van der Waals surface area contributed by atoms with Crippen molar-refractivity contribution >= 4 is 17.7 Å². The Morgan fingerprint density at radius 3 is 2.71 bits per heavy atom. The third kappa shape index (κ3) is 3.03. The number of nitrogens with zero attached hydrogens (tertiary/aromatic N) is 1. The van der Waals surface area contributed by atoms with E-state index in [0.29, 0.717) is 0 Å². The van der Waals surface area contributed by atoms with E-state index in [-0.39, 0.29) is 11.6 Å². The highest BCUT2D eigenvalue weighted by molar-refractivity contribution is 6.19. The monoisotopic (exact) mass is 221 g/mol. The van der Waals surface area contributed by atoms with Crippen molar-refractivity contribution in [1.82, 2.24) is 4.98 Å². The van der Waals surface area contributed by atoms with Gasteiger partial charge in [0.05, 0.1) is 11.3 Å². The first-order valence-electron chi connectivity index (χ1n) is 3.80. The van der Waals surface area contributed by atoms with Crippen molar-refractivity contribution in [2.75, 3.05) is 5.88 Å². The molecule has 0 amide bonds. The minimum Gasteiger partial charge on any atom is -0.257 e. The summed E-state index contributed by atoms with van der Waals surface area (Å²) in [5, 5.41) is 0. The largest absolute Gasteiger partial charge is 0.416 e. The van der Waals surface area contributed by atoms with E-state index in [1.165, 1.54) is 12.2 Å². The molecule has 1 heterocycles. The van der Waals surface area contributed by atoms with Gasteiger partial charge in [-0.3, -0.25) is 4.98 Å². The molecular weight excluding hydrogens is 215 g/mol. The Labute approximate surface area is 84.2 Å². The van der Waals surface area contributed by atoms with Crippen molar-refractivity contribution in [3.05, 3.63) is 35.7 Å². The summed E-state index contributed by atoms with van der Waals surface area (Å²) in [5.74, 6) is 0.248. The van der Waals surface area contributed by atoms with E-state index in [0.717, 1.165) is 18.3 Å². The van der Waals surface area contributed by atoms with Crippen molar-refractivity contribution in [1.29, 1.82) is 0 Å². The first-order valence-corrected chi connectivity index (χ1v) is 4.33. The van der Waals surface area contributed by atoms with E-state index in [9.17, 15) is 13.2 Å². The second-order valence-corrected chi connectivity index (χ2v) is 2.83. The lowest BCUT2D eigenvalue weighted by Crippen LogP contribution is -2.05. The van der Waals surface area contributed by atoms with Gasteiger partial charge in [-0.25, -0.2) is 0 Å². The zero-order valence-corrected chi connectivity index (χ0v) is 7.81. The van der Waals surface area contributed by atoms with Crippen LogP contribution in [0.2, 0.25) is 0 Å². The van der Waals surface area contributed by atoms with Gasteiger partial charge in [0.25, 0.3) is 0 Å². The standard InChI is InChI=1S/C9H7ClF3N/c10-4-1-2-8-6-7(3-5-14-8)9(11,12)13/h1-3,5-6H,4H2. The van der Waals surface area contributed by atoms with Crippen LogP contribution in [0.5, 0.6) is 0 Å². The van der Waals surface area contributed by atoms with Gasteiger partial charge in [0.2, 0.25) is 0 Å². The molecule has 0 bridgehead atoms. The molecule has 0 radical (unpaired) electrons. The van der Waals surface area contributed by atoms with Gasteiger partial charge < -0.3 is 0 Å². The summed E-state index contributed by atoms with van der Waals surface area (Å²) in [5.41, 5.74) is -0.456. The highest BCUT2D eigenvalue weighted by Gasteiger charge is 2.30. The molecule has 0 aromatic carbocycles. The molecule has 0 fully saturated rings. The minimum atomic E-state index is -4.33. The molecule has 76 valence electrons. The molecule has 0 unspecified atom stereocenters. The van der Waals surface area contributed by atoms with Crippen molar-refractivity contribution in [3.8, 4) is 0 Å².